The second-order valence-electron chi connectivity index (χ2n) is 6.06. The minimum Gasteiger partial charge on any atom is -0.480 e. The van der Waals surface area contributed by atoms with Gasteiger partial charge in [-0.1, -0.05) is 36.5 Å². The van der Waals surface area contributed by atoms with Crippen molar-refractivity contribution in [3.8, 4) is 0 Å². The molecule has 2 N–H and O–H groups in total. The first-order valence-corrected chi connectivity index (χ1v) is 7.59. The Balaban J connectivity index is 2.12. The lowest BCUT2D eigenvalue weighted by Crippen LogP contribution is -2.46. The Hall–Kier alpha value is -1.84. The Morgan fingerprint density at radius 1 is 1.10 bits per heavy atom. The van der Waals surface area contributed by atoms with Crippen LogP contribution in [0.3, 0.4) is 0 Å². The van der Waals surface area contributed by atoms with E-state index in [4.69, 9.17) is 0 Å². The van der Waals surface area contributed by atoms with E-state index >= 15 is 0 Å². The summed E-state index contributed by atoms with van der Waals surface area (Å²) in [4.78, 5) is 23.8. The molecule has 2 rings (SSSR count). The molecule has 1 saturated carbocycles. The van der Waals surface area contributed by atoms with Crippen LogP contribution < -0.4 is 5.32 Å². The van der Waals surface area contributed by atoms with Crippen LogP contribution in [0.5, 0.6) is 0 Å². The highest BCUT2D eigenvalue weighted by Crippen LogP contribution is 2.27. The van der Waals surface area contributed by atoms with E-state index in [2.05, 4.69) is 5.32 Å². The van der Waals surface area contributed by atoms with Crippen LogP contribution in [0.4, 0.5) is 0 Å². The average molecular weight is 289 g/mol. The number of carboxylic acids is 1. The summed E-state index contributed by atoms with van der Waals surface area (Å²) in [5.41, 5.74) is 2.55. The number of aryl methyl sites for hydroxylation is 2. The number of nitrogens with one attached hydrogen (secondary N) is 1. The molecule has 1 atom stereocenters. The molecular weight excluding hydrogens is 266 g/mol. The summed E-state index contributed by atoms with van der Waals surface area (Å²) in [5, 5.41) is 12.1. The van der Waals surface area contributed by atoms with E-state index in [0.717, 1.165) is 43.2 Å². The zero-order valence-corrected chi connectivity index (χ0v) is 12.7. The van der Waals surface area contributed by atoms with Gasteiger partial charge in [-0.05, 0) is 44.7 Å². The summed E-state index contributed by atoms with van der Waals surface area (Å²) >= 11 is 0. The van der Waals surface area contributed by atoms with Gasteiger partial charge in [0.2, 0.25) is 0 Å². The highest BCUT2D eigenvalue weighted by molar-refractivity contribution is 5.97. The third-order valence-electron chi connectivity index (χ3n) is 4.16. The quantitative estimate of drug-likeness (QED) is 0.895. The molecule has 1 aromatic rings. The normalized spacial score (nSPS) is 17.2. The number of hydrogen-bond donors (Lipinski definition) is 2. The first-order valence-electron chi connectivity index (χ1n) is 7.59. The standard InChI is InChI=1S/C17H23NO3/c1-11-8-12(2)10-14(9-11)16(19)18-15(17(20)21)13-6-4-3-5-7-13/h8-10,13,15H,3-7H2,1-2H3,(H,18,19)(H,20,21)/t15-/m0/s1. The summed E-state index contributed by atoms with van der Waals surface area (Å²) in [6.07, 6.45) is 5.02. The third kappa shape index (κ3) is 4.06. The Bertz CT molecular complexity index is 513. The van der Waals surface area contributed by atoms with Gasteiger partial charge >= 0.3 is 5.97 Å². The van der Waals surface area contributed by atoms with Gasteiger partial charge in [-0.3, -0.25) is 4.79 Å². The molecule has 0 unspecified atom stereocenters. The zero-order chi connectivity index (χ0) is 15.4. The van der Waals surface area contributed by atoms with E-state index in [-0.39, 0.29) is 11.8 Å². The summed E-state index contributed by atoms with van der Waals surface area (Å²) in [6.45, 7) is 3.86. The van der Waals surface area contributed by atoms with Crippen LogP contribution in [0.25, 0.3) is 0 Å². The van der Waals surface area contributed by atoms with Crippen molar-refractivity contribution >= 4 is 11.9 Å². The van der Waals surface area contributed by atoms with E-state index in [1.807, 2.05) is 19.9 Å². The molecule has 0 heterocycles. The van der Waals surface area contributed by atoms with Crippen molar-refractivity contribution in [1.82, 2.24) is 5.32 Å². The van der Waals surface area contributed by atoms with Crippen LogP contribution in [0, 0.1) is 19.8 Å². The van der Waals surface area contributed by atoms with Gasteiger partial charge in [0.05, 0.1) is 0 Å². The third-order valence-corrected chi connectivity index (χ3v) is 4.16. The molecule has 0 spiro atoms. The van der Waals surface area contributed by atoms with Crippen molar-refractivity contribution in [3.05, 3.63) is 34.9 Å². The first-order chi connectivity index (χ1) is 9.97. The first kappa shape index (κ1) is 15.5. The van der Waals surface area contributed by atoms with Gasteiger partial charge < -0.3 is 10.4 Å². The predicted octanol–water partition coefficient (Wildman–Crippen LogP) is 3.07. The summed E-state index contributed by atoms with van der Waals surface area (Å²) in [5.74, 6) is -1.18. The number of aliphatic carboxylic acids is 1. The molecule has 114 valence electrons. The fourth-order valence-electron chi connectivity index (χ4n) is 3.18. The largest absolute Gasteiger partial charge is 0.480 e. The molecule has 0 saturated heterocycles. The molecule has 0 radical (unpaired) electrons. The summed E-state index contributed by atoms with van der Waals surface area (Å²) in [7, 11) is 0. The number of benzene rings is 1. The van der Waals surface area contributed by atoms with Gasteiger partial charge in [-0.25, -0.2) is 4.79 Å². The predicted molar refractivity (Wildman–Crippen MR) is 81.4 cm³/mol. The minimum absolute atomic E-state index is 0.0473. The lowest BCUT2D eigenvalue weighted by Gasteiger charge is -2.28. The van der Waals surface area contributed by atoms with E-state index in [9.17, 15) is 14.7 Å². The molecule has 1 aliphatic rings. The van der Waals surface area contributed by atoms with Crippen molar-refractivity contribution in [2.75, 3.05) is 0 Å². The molecule has 1 aromatic carbocycles. The van der Waals surface area contributed by atoms with Gasteiger partial charge in [-0.15, -0.1) is 0 Å². The number of amides is 1. The number of rotatable bonds is 4. The number of carboxylic acid groups (broad SMARTS) is 1. The molecule has 21 heavy (non-hydrogen) atoms. The SMILES string of the molecule is Cc1cc(C)cc(C(=O)N[C@H](C(=O)O)C2CCCCC2)c1. The maximum Gasteiger partial charge on any atom is 0.326 e. The number of carbonyl (C=O) groups excluding carboxylic acids is 1. The van der Waals surface area contributed by atoms with Gasteiger partial charge in [0.25, 0.3) is 5.91 Å². The van der Waals surface area contributed by atoms with E-state index in [0.29, 0.717) is 5.56 Å². The van der Waals surface area contributed by atoms with E-state index in [1.54, 1.807) is 12.1 Å². The molecule has 1 fully saturated rings. The van der Waals surface area contributed by atoms with Crippen molar-refractivity contribution in [3.63, 3.8) is 0 Å². The van der Waals surface area contributed by atoms with Crippen LogP contribution in [-0.4, -0.2) is 23.0 Å². The lowest BCUT2D eigenvalue weighted by atomic mass is 9.84. The van der Waals surface area contributed by atoms with Crippen molar-refractivity contribution in [2.24, 2.45) is 5.92 Å². The molecule has 0 bridgehead atoms. The maximum absolute atomic E-state index is 12.3. The lowest BCUT2D eigenvalue weighted by molar-refractivity contribution is -0.141. The molecule has 1 amide bonds. The highest BCUT2D eigenvalue weighted by Gasteiger charge is 2.30. The Morgan fingerprint density at radius 3 is 2.19 bits per heavy atom. The van der Waals surface area contributed by atoms with E-state index < -0.39 is 12.0 Å². The average Bonchev–Trinajstić information content (AvgIpc) is 2.44. The van der Waals surface area contributed by atoms with Crippen molar-refractivity contribution in [1.29, 1.82) is 0 Å². The van der Waals surface area contributed by atoms with Crippen LogP contribution in [0.15, 0.2) is 18.2 Å². The van der Waals surface area contributed by atoms with Gasteiger partial charge in [0, 0.05) is 5.56 Å². The maximum atomic E-state index is 12.3. The minimum atomic E-state index is -0.931. The second-order valence-corrected chi connectivity index (χ2v) is 6.06. The van der Waals surface area contributed by atoms with Crippen molar-refractivity contribution < 1.29 is 14.7 Å². The van der Waals surface area contributed by atoms with Gasteiger partial charge in [0.15, 0.2) is 0 Å². The van der Waals surface area contributed by atoms with Crippen molar-refractivity contribution in [2.45, 2.75) is 52.0 Å². The number of hydrogen-bond acceptors (Lipinski definition) is 2. The molecule has 4 heteroatoms. The fraction of sp³-hybridized carbons (Fsp3) is 0.529. The van der Waals surface area contributed by atoms with Crippen LogP contribution in [-0.2, 0) is 4.79 Å². The summed E-state index contributed by atoms with van der Waals surface area (Å²) in [6, 6.07) is 4.80. The van der Waals surface area contributed by atoms with Crippen LogP contribution in [0.2, 0.25) is 0 Å². The molecule has 0 aromatic heterocycles. The smallest absolute Gasteiger partial charge is 0.326 e. The van der Waals surface area contributed by atoms with E-state index in [1.165, 1.54) is 0 Å². The molecular formula is C17H23NO3. The van der Waals surface area contributed by atoms with Crippen LogP contribution >= 0.6 is 0 Å². The number of carbonyl (C=O) groups is 2. The summed E-state index contributed by atoms with van der Waals surface area (Å²) < 4.78 is 0. The Kier molecular flexibility index (Phi) is 4.99. The zero-order valence-electron chi connectivity index (χ0n) is 12.7. The van der Waals surface area contributed by atoms with Gasteiger partial charge in [0.1, 0.15) is 6.04 Å². The van der Waals surface area contributed by atoms with Gasteiger partial charge in [-0.2, -0.15) is 0 Å². The van der Waals surface area contributed by atoms with Crippen LogP contribution in [0.1, 0.15) is 53.6 Å². The Labute approximate surface area is 125 Å². The second kappa shape index (κ2) is 6.74. The molecule has 1 aliphatic carbocycles. The molecule has 0 aliphatic heterocycles. The Morgan fingerprint density at radius 2 is 1.67 bits per heavy atom. The highest BCUT2D eigenvalue weighted by atomic mass is 16.4. The monoisotopic (exact) mass is 289 g/mol. The topological polar surface area (TPSA) is 66.4 Å². The fourth-order valence-corrected chi connectivity index (χ4v) is 3.18. The molecule has 4 nitrogen and oxygen atoms in total.